The second kappa shape index (κ2) is 5.83. The van der Waals surface area contributed by atoms with Gasteiger partial charge in [-0.25, -0.2) is 4.98 Å². The lowest BCUT2D eigenvalue weighted by molar-refractivity contribution is 0.173. The van der Waals surface area contributed by atoms with Gasteiger partial charge in [0.25, 0.3) is 0 Å². The van der Waals surface area contributed by atoms with Gasteiger partial charge in [0.05, 0.1) is 6.10 Å². The molecule has 1 aromatic heterocycles. The van der Waals surface area contributed by atoms with Crippen LogP contribution in [0.2, 0.25) is 0 Å². The molecule has 0 aliphatic rings. The van der Waals surface area contributed by atoms with Crippen molar-refractivity contribution in [2.24, 2.45) is 0 Å². The van der Waals surface area contributed by atoms with E-state index in [1.54, 1.807) is 6.20 Å². The molecule has 3 nitrogen and oxygen atoms in total. The first kappa shape index (κ1) is 12.8. The number of aromatic nitrogens is 2. The summed E-state index contributed by atoms with van der Waals surface area (Å²) in [5.74, 6) is 0.941. The van der Waals surface area contributed by atoms with E-state index >= 15 is 0 Å². The lowest BCUT2D eigenvalue weighted by atomic mass is 9.98. The van der Waals surface area contributed by atoms with E-state index in [2.05, 4.69) is 29.5 Å². The Bertz CT molecular complexity index is 505. The second-order valence-electron chi connectivity index (χ2n) is 4.40. The van der Waals surface area contributed by atoms with Crippen LogP contribution in [0.5, 0.6) is 0 Å². The van der Waals surface area contributed by atoms with Crippen LogP contribution in [0.15, 0.2) is 36.7 Å². The molecule has 3 heteroatoms. The fourth-order valence-electron chi connectivity index (χ4n) is 2.28. The van der Waals surface area contributed by atoms with Crippen molar-refractivity contribution in [1.29, 1.82) is 0 Å². The molecule has 0 radical (unpaired) electrons. The smallest absolute Gasteiger partial charge is 0.111 e. The summed E-state index contributed by atoms with van der Waals surface area (Å²) in [6.45, 7) is 5.08. The summed E-state index contributed by atoms with van der Waals surface area (Å²) < 4.78 is 2.07. The lowest BCUT2D eigenvalue weighted by Crippen LogP contribution is -2.09. The molecule has 1 unspecified atom stereocenters. The molecule has 96 valence electrons. The number of aliphatic hydroxyl groups is 1. The van der Waals surface area contributed by atoms with Gasteiger partial charge in [0.1, 0.15) is 5.82 Å². The highest BCUT2D eigenvalue weighted by Gasteiger charge is 2.14. The first-order chi connectivity index (χ1) is 8.76. The first-order valence-corrected chi connectivity index (χ1v) is 6.52. The van der Waals surface area contributed by atoms with Crippen LogP contribution < -0.4 is 0 Å². The van der Waals surface area contributed by atoms with E-state index in [0.29, 0.717) is 6.42 Å². The fourth-order valence-corrected chi connectivity index (χ4v) is 2.28. The second-order valence-corrected chi connectivity index (χ2v) is 4.40. The van der Waals surface area contributed by atoms with E-state index in [4.69, 9.17) is 0 Å². The van der Waals surface area contributed by atoms with Gasteiger partial charge in [-0.3, -0.25) is 0 Å². The van der Waals surface area contributed by atoms with Crippen LogP contribution in [0, 0.1) is 0 Å². The highest BCUT2D eigenvalue weighted by molar-refractivity contribution is 5.29. The quantitative estimate of drug-likeness (QED) is 0.878. The molecule has 2 aromatic rings. The Balaban J connectivity index is 2.19. The van der Waals surface area contributed by atoms with Crippen LogP contribution in [-0.4, -0.2) is 14.7 Å². The topological polar surface area (TPSA) is 38.1 Å². The zero-order chi connectivity index (χ0) is 13.0. The molecule has 1 atom stereocenters. The van der Waals surface area contributed by atoms with Crippen LogP contribution >= 0.6 is 0 Å². The zero-order valence-corrected chi connectivity index (χ0v) is 11.0. The molecule has 0 saturated carbocycles. The highest BCUT2D eigenvalue weighted by atomic mass is 16.3. The molecule has 18 heavy (non-hydrogen) atoms. The number of aryl methyl sites for hydroxylation is 2. The summed E-state index contributed by atoms with van der Waals surface area (Å²) in [5, 5.41) is 10.4. The number of aliphatic hydroxyl groups excluding tert-OH is 1. The molecule has 1 N–H and O–H groups in total. The minimum absolute atomic E-state index is 0.478. The van der Waals surface area contributed by atoms with Gasteiger partial charge in [0.15, 0.2) is 0 Å². The Labute approximate surface area is 108 Å². The predicted octanol–water partition coefficient (Wildman–Crippen LogP) is 2.74. The van der Waals surface area contributed by atoms with E-state index in [1.807, 2.05) is 24.4 Å². The molecule has 0 amide bonds. The molecule has 1 heterocycles. The summed E-state index contributed by atoms with van der Waals surface area (Å²) in [7, 11) is 0. The van der Waals surface area contributed by atoms with Crippen LogP contribution in [0.3, 0.4) is 0 Å². The number of nitrogens with zero attached hydrogens (tertiary/aromatic N) is 2. The van der Waals surface area contributed by atoms with Crippen LogP contribution in [0.1, 0.15) is 36.9 Å². The summed E-state index contributed by atoms with van der Waals surface area (Å²) in [5.41, 5.74) is 2.23. The van der Waals surface area contributed by atoms with Gasteiger partial charge in [-0.15, -0.1) is 0 Å². The highest BCUT2D eigenvalue weighted by Crippen LogP contribution is 2.21. The van der Waals surface area contributed by atoms with Crippen molar-refractivity contribution < 1.29 is 5.11 Å². The van der Waals surface area contributed by atoms with Gasteiger partial charge < -0.3 is 9.67 Å². The fraction of sp³-hybridized carbons (Fsp3) is 0.400. The molecular formula is C15H20N2O. The van der Waals surface area contributed by atoms with Crippen molar-refractivity contribution in [3.05, 3.63) is 53.6 Å². The number of imidazole rings is 1. The van der Waals surface area contributed by atoms with Gasteiger partial charge >= 0.3 is 0 Å². The molecule has 1 aromatic carbocycles. The lowest BCUT2D eigenvalue weighted by Gasteiger charge is -2.15. The van der Waals surface area contributed by atoms with Gasteiger partial charge in [-0.05, 0) is 24.5 Å². The third-order valence-electron chi connectivity index (χ3n) is 3.31. The molecule has 0 bridgehead atoms. The monoisotopic (exact) mass is 244 g/mol. The van der Waals surface area contributed by atoms with Gasteiger partial charge in [0, 0.05) is 25.4 Å². The zero-order valence-electron chi connectivity index (χ0n) is 11.0. The summed E-state index contributed by atoms with van der Waals surface area (Å²) in [6, 6.07) is 8.07. The normalized spacial score (nSPS) is 12.6. The maximum absolute atomic E-state index is 10.4. The molecule has 0 saturated heterocycles. The minimum atomic E-state index is -0.478. The SMILES string of the molecule is CCc1ccccc1C(O)Cc1nccn1CC. The van der Waals surface area contributed by atoms with Gasteiger partial charge in [0.2, 0.25) is 0 Å². The average Bonchev–Trinajstić information content (AvgIpc) is 2.85. The van der Waals surface area contributed by atoms with Crippen molar-refractivity contribution in [3.63, 3.8) is 0 Å². The van der Waals surface area contributed by atoms with Crippen LogP contribution in [0.25, 0.3) is 0 Å². The van der Waals surface area contributed by atoms with E-state index in [-0.39, 0.29) is 0 Å². The molecule has 0 aliphatic carbocycles. The standard InChI is InChI=1S/C15H20N2O/c1-3-12-7-5-6-8-13(12)14(18)11-15-16-9-10-17(15)4-2/h5-10,14,18H,3-4,11H2,1-2H3. The number of rotatable bonds is 5. The molecule has 0 fully saturated rings. The van der Waals surface area contributed by atoms with Crippen molar-refractivity contribution in [1.82, 2.24) is 9.55 Å². The summed E-state index contributed by atoms with van der Waals surface area (Å²) >= 11 is 0. The average molecular weight is 244 g/mol. The minimum Gasteiger partial charge on any atom is -0.388 e. The van der Waals surface area contributed by atoms with Crippen molar-refractivity contribution in [3.8, 4) is 0 Å². The molecule has 0 aliphatic heterocycles. The number of benzene rings is 1. The van der Waals surface area contributed by atoms with E-state index in [9.17, 15) is 5.11 Å². The Morgan fingerprint density at radius 1 is 1.28 bits per heavy atom. The third kappa shape index (κ3) is 2.62. The first-order valence-electron chi connectivity index (χ1n) is 6.52. The summed E-state index contributed by atoms with van der Waals surface area (Å²) in [4.78, 5) is 4.31. The number of hydrogen-bond acceptors (Lipinski definition) is 2. The summed E-state index contributed by atoms with van der Waals surface area (Å²) in [6.07, 6.45) is 4.77. The maximum atomic E-state index is 10.4. The van der Waals surface area contributed by atoms with Gasteiger partial charge in [-0.1, -0.05) is 31.2 Å². The van der Waals surface area contributed by atoms with Crippen molar-refractivity contribution in [2.45, 2.75) is 39.3 Å². The van der Waals surface area contributed by atoms with Crippen molar-refractivity contribution in [2.75, 3.05) is 0 Å². The van der Waals surface area contributed by atoms with Crippen molar-refractivity contribution >= 4 is 0 Å². The Kier molecular flexibility index (Phi) is 4.15. The molecule has 0 spiro atoms. The Morgan fingerprint density at radius 2 is 2.06 bits per heavy atom. The number of hydrogen-bond donors (Lipinski definition) is 1. The molecular weight excluding hydrogens is 224 g/mol. The molecule has 2 rings (SSSR count). The predicted molar refractivity (Wildman–Crippen MR) is 72.4 cm³/mol. The van der Waals surface area contributed by atoms with E-state index < -0.39 is 6.10 Å². The van der Waals surface area contributed by atoms with E-state index in [1.165, 1.54) is 5.56 Å². The third-order valence-corrected chi connectivity index (χ3v) is 3.31. The van der Waals surface area contributed by atoms with Crippen LogP contribution in [0.4, 0.5) is 0 Å². The van der Waals surface area contributed by atoms with Crippen LogP contribution in [-0.2, 0) is 19.4 Å². The Morgan fingerprint density at radius 3 is 2.78 bits per heavy atom. The largest absolute Gasteiger partial charge is 0.388 e. The van der Waals surface area contributed by atoms with Gasteiger partial charge in [-0.2, -0.15) is 0 Å². The van der Waals surface area contributed by atoms with E-state index in [0.717, 1.165) is 24.4 Å². The maximum Gasteiger partial charge on any atom is 0.111 e. The Hall–Kier alpha value is -1.61.